The van der Waals surface area contributed by atoms with Crippen molar-refractivity contribution in [2.75, 3.05) is 64.4 Å². The number of benzene rings is 2. The van der Waals surface area contributed by atoms with Gasteiger partial charge < -0.3 is 24.4 Å². The van der Waals surface area contributed by atoms with Crippen LogP contribution < -0.4 is 9.64 Å². The van der Waals surface area contributed by atoms with Gasteiger partial charge in [-0.05, 0) is 30.7 Å². The molecule has 1 aromatic heterocycles. The number of hydrogen-bond acceptors (Lipinski definition) is 8. The van der Waals surface area contributed by atoms with Crippen molar-refractivity contribution >= 4 is 34.2 Å². The number of nitrogens with zero attached hydrogens (tertiary/aromatic N) is 5. The number of phenols is 1. The number of carbonyl (C=O) groups is 1. The number of hydrogen-bond donors (Lipinski definition) is 1. The number of amides is 1. The van der Waals surface area contributed by atoms with Gasteiger partial charge >= 0.3 is 6.01 Å². The maximum Gasteiger partial charge on any atom is 0.319 e. The van der Waals surface area contributed by atoms with Gasteiger partial charge in [0.2, 0.25) is 5.91 Å². The molecule has 12 heteroatoms. The van der Waals surface area contributed by atoms with Crippen molar-refractivity contribution in [3.05, 3.63) is 53.6 Å². The Labute approximate surface area is 235 Å². The molecule has 0 spiro atoms. The molecule has 3 heterocycles. The third-order valence-corrected chi connectivity index (χ3v) is 7.65. The molecule has 1 N–H and O–H groups in total. The van der Waals surface area contributed by atoms with Gasteiger partial charge in [0.1, 0.15) is 29.5 Å². The Bertz CT molecular complexity index is 1410. The molecular weight excluding hydrogens is 544 g/mol. The third-order valence-electron chi connectivity index (χ3n) is 7.35. The molecule has 2 aliphatic rings. The minimum atomic E-state index is -0.903. The van der Waals surface area contributed by atoms with Crippen LogP contribution in [0.2, 0.25) is 5.02 Å². The number of ether oxygens (including phenoxy) is 2. The van der Waals surface area contributed by atoms with E-state index in [9.17, 15) is 14.3 Å². The van der Waals surface area contributed by atoms with E-state index in [1.165, 1.54) is 24.3 Å². The molecule has 0 saturated carbocycles. The zero-order chi connectivity index (χ0) is 28.4. The molecule has 0 aliphatic carbocycles. The van der Waals surface area contributed by atoms with E-state index in [1.807, 2.05) is 4.90 Å². The second-order valence-electron chi connectivity index (χ2n) is 9.72. The molecule has 40 heavy (non-hydrogen) atoms. The lowest BCUT2D eigenvalue weighted by molar-refractivity contribution is -0.126. The number of piperazine rings is 1. The first kappa shape index (κ1) is 28.0. The number of rotatable bonds is 8. The lowest BCUT2D eigenvalue weighted by Gasteiger charge is -2.35. The third kappa shape index (κ3) is 5.54. The number of fused-ring (bicyclic) bond motifs is 1. The van der Waals surface area contributed by atoms with Crippen molar-refractivity contribution in [2.24, 2.45) is 0 Å². The summed E-state index contributed by atoms with van der Waals surface area (Å²) in [6.45, 7) is 7.76. The van der Waals surface area contributed by atoms with Crippen molar-refractivity contribution in [1.82, 2.24) is 19.8 Å². The van der Waals surface area contributed by atoms with Crippen LogP contribution in [0, 0.1) is 11.6 Å². The van der Waals surface area contributed by atoms with Crippen LogP contribution in [0.5, 0.6) is 11.8 Å². The Morgan fingerprint density at radius 3 is 2.65 bits per heavy atom. The first-order valence-corrected chi connectivity index (χ1v) is 13.4. The van der Waals surface area contributed by atoms with Gasteiger partial charge in [-0.2, -0.15) is 9.97 Å². The molecule has 0 radical (unpaired) electrons. The van der Waals surface area contributed by atoms with Crippen molar-refractivity contribution < 1.29 is 28.2 Å². The van der Waals surface area contributed by atoms with Crippen LogP contribution >= 0.6 is 11.6 Å². The molecular formula is C28H30ClF2N5O4. The van der Waals surface area contributed by atoms with Gasteiger partial charge in [-0.1, -0.05) is 24.2 Å². The largest absolute Gasteiger partial charge is 0.507 e. The van der Waals surface area contributed by atoms with Crippen LogP contribution in [0.25, 0.3) is 22.0 Å². The van der Waals surface area contributed by atoms with Crippen LogP contribution in [0.15, 0.2) is 36.9 Å². The summed E-state index contributed by atoms with van der Waals surface area (Å²) in [5.74, 6) is -1.96. The monoisotopic (exact) mass is 573 g/mol. The molecule has 9 nitrogen and oxygen atoms in total. The van der Waals surface area contributed by atoms with Gasteiger partial charge in [0.25, 0.3) is 0 Å². The summed E-state index contributed by atoms with van der Waals surface area (Å²) in [7, 11) is 1.69. The minimum absolute atomic E-state index is 0.0421. The topological polar surface area (TPSA) is 91.3 Å². The van der Waals surface area contributed by atoms with E-state index >= 15 is 4.39 Å². The molecule has 1 amide bonds. The fourth-order valence-corrected chi connectivity index (χ4v) is 5.47. The fraction of sp³-hybridized carbons (Fsp3) is 0.393. The summed E-state index contributed by atoms with van der Waals surface area (Å²) in [6.07, 6.45) is 2.39. The maximum atomic E-state index is 16.2. The highest BCUT2D eigenvalue weighted by molar-refractivity contribution is 6.34. The zero-order valence-corrected chi connectivity index (χ0v) is 22.8. The van der Waals surface area contributed by atoms with Crippen molar-refractivity contribution in [2.45, 2.75) is 12.5 Å². The van der Waals surface area contributed by atoms with E-state index in [4.69, 9.17) is 21.1 Å². The molecule has 2 fully saturated rings. The number of phenolic OH excluding ortho intramolecular Hbond substituents is 1. The van der Waals surface area contributed by atoms with Crippen LogP contribution in [0.3, 0.4) is 0 Å². The van der Waals surface area contributed by atoms with Crippen LogP contribution in [-0.2, 0) is 9.53 Å². The van der Waals surface area contributed by atoms with Gasteiger partial charge in [-0.25, -0.2) is 8.78 Å². The average molecular weight is 574 g/mol. The van der Waals surface area contributed by atoms with E-state index in [2.05, 4.69) is 21.4 Å². The first-order chi connectivity index (χ1) is 19.3. The second kappa shape index (κ2) is 11.9. The Kier molecular flexibility index (Phi) is 8.34. The normalized spacial score (nSPS) is 17.9. The van der Waals surface area contributed by atoms with E-state index in [1.54, 1.807) is 12.0 Å². The van der Waals surface area contributed by atoms with Gasteiger partial charge in [-0.15, -0.1) is 0 Å². The molecule has 212 valence electrons. The minimum Gasteiger partial charge on any atom is -0.507 e. The standard InChI is InChI=1S/C28H30ClF2N5O4/c1-3-22(38)35-9-11-36(12-10-35)27-18-15-19(29)23(24-20(30)5-4-6-21(24)37)25(31)26(18)32-28(33-27)40-14-13-34-8-7-17(16-34)39-2/h3-6,15,17,37H,1,7-14,16H2,2H3. The Morgan fingerprint density at radius 2 is 1.98 bits per heavy atom. The lowest BCUT2D eigenvalue weighted by Crippen LogP contribution is -2.48. The predicted octanol–water partition coefficient (Wildman–Crippen LogP) is 3.87. The zero-order valence-electron chi connectivity index (χ0n) is 22.1. The number of anilines is 1. The summed E-state index contributed by atoms with van der Waals surface area (Å²) in [4.78, 5) is 26.8. The van der Waals surface area contributed by atoms with Gasteiger partial charge in [0.15, 0.2) is 5.82 Å². The number of carbonyl (C=O) groups excluding carboxylic acids is 1. The number of likely N-dealkylation sites (tertiary alicyclic amines) is 1. The van der Waals surface area contributed by atoms with Gasteiger partial charge in [-0.3, -0.25) is 9.69 Å². The van der Waals surface area contributed by atoms with Crippen molar-refractivity contribution in [3.63, 3.8) is 0 Å². The van der Waals surface area contributed by atoms with Crippen molar-refractivity contribution in [3.8, 4) is 22.9 Å². The lowest BCUT2D eigenvalue weighted by atomic mass is 10.0. The Hall–Kier alpha value is -3.54. The summed E-state index contributed by atoms with van der Waals surface area (Å²) >= 11 is 6.50. The first-order valence-electron chi connectivity index (χ1n) is 13.0. The van der Waals surface area contributed by atoms with Crippen LogP contribution in [-0.4, -0.2) is 96.4 Å². The number of aromatic nitrogens is 2. The summed E-state index contributed by atoms with van der Waals surface area (Å²) in [5.41, 5.74) is -0.774. The van der Waals surface area contributed by atoms with E-state index in [0.29, 0.717) is 43.9 Å². The molecule has 0 bridgehead atoms. The number of aromatic hydroxyl groups is 1. The van der Waals surface area contributed by atoms with Gasteiger partial charge in [0.05, 0.1) is 16.7 Å². The number of methoxy groups -OCH3 is 1. The SMILES string of the molecule is C=CC(=O)N1CCN(c2nc(OCCN3CCC(OC)C3)nc3c(F)c(-c4c(O)cccc4F)c(Cl)cc23)CC1. The second-order valence-corrected chi connectivity index (χ2v) is 10.1. The summed E-state index contributed by atoms with van der Waals surface area (Å²) in [5, 5.41) is 10.5. The van der Waals surface area contributed by atoms with E-state index < -0.39 is 17.4 Å². The molecule has 1 unspecified atom stereocenters. The Morgan fingerprint density at radius 1 is 1.20 bits per heavy atom. The molecule has 2 saturated heterocycles. The highest BCUT2D eigenvalue weighted by atomic mass is 35.5. The van der Waals surface area contributed by atoms with Gasteiger partial charge in [0, 0.05) is 63.9 Å². The molecule has 1 atom stereocenters. The summed E-state index contributed by atoms with van der Waals surface area (Å²) < 4.78 is 42.2. The quantitative estimate of drug-likeness (QED) is 0.406. The highest BCUT2D eigenvalue weighted by Crippen LogP contribution is 2.42. The Balaban J connectivity index is 1.52. The number of halogens is 3. The van der Waals surface area contributed by atoms with E-state index in [-0.39, 0.29) is 46.3 Å². The van der Waals surface area contributed by atoms with Crippen molar-refractivity contribution in [1.29, 1.82) is 0 Å². The predicted molar refractivity (Wildman–Crippen MR) is 148 cm³/mol. The maximum absolute atomic E-state index is 16.2. The highest BCUT2D eigenvalue weighted by Gasteiger charge is 2.28. The smallest absolute Gasteiger partial charge is 0.319 e. The van der Waals surface area contributed by atoms with Crippen LogP contribution in [0.1, 0.15) is 6.42 Å². The summed E-state index contributed by atoms with van der Waals surface area (Å²) in [6, 6.07) is 5.12. The molecule has 2 aromatic carbocycles. The fourth-order valence-electron chi connectivity index (χ4n) is 5.18. The van der Waals surface area contributed by atoms with Crippen LogP contribution in [0.4, 0.5) is 14.6 Å². The molecule has 2 aliphatic heterocycles. The average Bonchev–Trinajstić information content (AvgIpc) is 3.42. The molecule has 3 aromatic rings. The van der Waals surface area contributed by atoms with E-state index in [0.717, 1.165) is 25.6 Å². The molecule has 5 rings (SSSR count).